The van der Waals surface area contributed by atoms with Gasteiger partial charge in [-0.3, -0.25) is 0 Å². The molecule has 0 bridgehead atoms. The summed E-state index contributed by atoms with van der Waals surface area (Å²) in [6, 6.07) is 9.48. The third-order valence-electron chi connectivity index (χ3n) is 3.70. The number of hydrogen-bond donors (Lipinski definition) is 2. The second kappa shape index (κ2) is 5.26. The van der Waals surface area contributed by atoms with Crippen molar-refractivity contribution in [2.75, 3.05) is 7.11 Å². The van der Waals surface area contributed by atoms with E-state index in [0.29, 0.717) is 17.7 Å². The van der Waals surface area contributed by atoms with E-state index < -0.39 is 5.82 Å². The zero-order valence-corrected chi connectivity index (χ0v) is 11.5. The van der Waals surface area contributed by atoms with E-state index in [1.165, 1.54) is 12.1 Å². The second-order valence-corrected chi connectivity index (χ2v) is 5.06. The Morgan fingerprint density at radius 2 is 2.10 bits per heavy atom. The summed E-state index contributed by atoms with van der Waals surface area (Å²) >= 11 is 0. The van der Waals surface area contributed by atoms with Crippen LogP contribution < -0.4 is 15.2 Å². The average molecular weight is 289 g/mol. The molecule has 3 rings (SSSR count). The van der Waals surface area contributed by atoms with Gasteiger partial charge in [-0.1, -0.05) is 6.07 Å². The third kappa shape index (κ3) is 2.52. The highest BCUT2D eigenvalue weighted by Crippen LogP contribution is 2.41. The first-order chi connectivity index (χ1) is 10.1. The van der Waals surface area contributed by atoms with Gasteiger partial charge in [-0.05, 0) is 35.9 Å². The van der Waals surface area contributed by atoms with Gasteiger partial charge in [0.25, 0.3) is 0 Å². The van der Waals surface area contributed by atoms with E-state index in [1.807, 2.05) is 6.07 Å². The zero-order valence-electron chi connectivity index (χ0n) is 11.5. The number of fused-ring (bicyclic) bond motifs is 1. The number of hydrogen-bond acceptors (Lipinski definition) is 4. The van der Waals surface area contributed by atoms with Gasteiger partial charge in [0, 0.05) is 18.0 Å². The van der Waals surface area contributed by atoms with Gasteiger partial charge in [-0.15, -0.1) is 0 Å². The molecule has 1 aliphatic rings. The zero-order chi connectivity index (χ0) is 15.0. The topological polar surface area (TPSA) is 64.7 Å². The number of aromatic hydroxyl groups is 1. The van der Waals surface area contributed by atoms with E-state index in [9.17, 15) is 9.50 Å². The van der Waals surface area contributed by atoms with Crippen LogP contribution in [0.25, 0.3) is 0 Å². The van der Waals surface area contributed by atoms with Gasteiger partial charge in [-0.25, -0.2) is 4.39 Å². The largest absolute Gasteiger partial charge is 0.505 e. The van der Waals surface area contributed by atoms with Crippen LogP contribution in [0.4, 0.5) is 4.39 Å². The molecule has 2 atom stereocenters. The molecule has 0 radical (unpaired) electrons. The van der Waals surface area contributed by atoms with Crippen LogP contribution in [-0.4, -0.2) is 12.2 Å². The maximum atomic E-state index is 13.5. The van der Waals surface area contributed by atoms with Gasteiger partial charge in [-0.2, -0.15) is 0 Å². The molecule has 0 aliphatic carbocycles. The maximum absolute atomic E-state index is 13.5. The summed E-state index contributed by atoms with van der Waals surface area (Å²) in [5.41, 5.74) is 7.72. The molecule has 110 valence electrons. The van der Waals surface area contributed by atoms with Crippen molar-refractivity contribution in [1.29, 1.82) is 0 Å². The summed E-state index contributed by atoms with van der Waals surface area (Å²) in [7, 11) is 1.60. The Morgan fingerprint density at radius 1 is 1.29 bits per heavy atom. The summed E-state index contributed by atoms with van der Waals surface area (Å²) in [4.78, 5) is 0. The van der Waals surface area contributed by atoms with Crippen LogP contribution in [-0.2, 0) is 0 Å². The number of ether oxygens (including phenoxy) is 2. The molecule has 1 aliphatic heterocycles. The molecule has 2 aromatic rings. The molecule has 0 fully saturated rings. The SMILES string of the molecule is COc1ccc2c(c1)C(N)CC(c1ccc(O)c(F)c1)O2. The quantitative estimate of drug-likeness (QED) is 0.891. The van der Waals surface area contributed by atoms with Crippen LogP contribution in [0.2, 0.25) is 0 Å². The predicted octanol–water partition coefficient (Wildman–Crippen LogP) is 3.06. The number of methoxy groups -OCH3 is 1. The van der Waals surface area contributed by atoms with E-state index in [0.717, 1.165) is 11.3 Å². The molecule has 0 amide bonds. The van der Waals surface area contributed by atoms with Gasteiger partial charge in [0.05, 0.1) is 7.11 Å². The Morgan fingerprint density at radius 3 is 2.81 bits per heavy atom. The highest BCUT2D eigenvalue weighted by atomic mass is 19.1. The first-order valence-electron chi connectivity index (χ1n) is 6.67. The second-order valence-electron chi connectivity index (χ2n) is 5.06. The van der Waals surface area contributed by atoms with Crippen LogP contribution in [0.15, 0.2) is 36.4 Å². The van der Waals surface area contributed by atoms with Crippen LogP contribution in [0, 0.1) is 5.82 Å². The van der Waals surface area contributed by atoms with E-state index in [-0.39, 0.29) is 17.9 Å². The van der Waals surface area contributed by atoms with Crippen molar-refractivity contribution in [3.63, 3.8) is 0 Å². The van der Waals surface area contributed by atoms with Gasteiger partial charge in [0.2, 0.25) is 0 Å². The normalized spacial score (nSPS) is 20.5. The number of phenolic OH excluding ortho intramolecular Hbond substituents is 1. The molecule has 0 aromatic heterocycles. The van der Waals surface area contributed by atoms with Crippen LogP contribution in [0.5, 0.6) is 17.2 Å². The lowest BCUT2D eigenvalue weighted by Crippen LogP contribution is -2.24. The first kappa shape index (κ1) is 13.7. The fourth-order valence-corrected chi connectivity index (χ4v) is 2.54. The maximum Gasteiger partial charge on any atom is 0.165 e. The Kier molecular flexibility index (Phi) is 3.43. The Labute approximate surface area is 121 Å². The monoisotopic (exact) mass is 289 g/mol. The highest BCUT2D eigenvalue weighted by Gasteiger charge is 2.28. The van der Waals surface area contributed by atoms with E-state index in [4.69, 9.17) is 15.2 Å². The molecular formula is C16H16FNO3. The average Bonchev–Trinajstić information content (AvgIpc) is 2.49. The highest BCUT2D eigenvalue weighted by molar-refractivity contribution is 5.44. The summed E-state index contributed by atoms with van der Waals surface area (Å²) < 4.78 is 24.6. The minimum atomic E-state index is -0.662. The number of halogens is 1. The smallest absolute Gasteiger partial charge is 0.165 e. The molecule has 0 saturated heterocycles. The van der Waals surface area contributed by atoms with E-state index in [2.05, 4.69) is 0 Å². The van der Waals surface area contributed by atoms with Crippen molar-refractivity contribution in [3.8, 4) is 17.2 Å². The van der Waals surface area contributed by atoms with E-state index in [1.54, 1.807) is 25.3 Å². The van der Waals surface area contributed by atoms with Gasteiger partial charge in [0.15, 0.2) is 11.6 Å². The summed E-state index contributed by atoms with van der Waals surface area (Å²) in [6.45, 7) is 0. The fourth-order valence-electron chi connectivity index (χ4n) is 2.54. The Balaban J connectivity index is 1.92. The van der Waals surface area contributed by atoms with E-state index >= 15 is 0 Å². The Hall–Kier alpha value is -2.27. The third-order valence-corrected chi connectivity index (χ3v) is 3.70. The lowest BCUT2D eigenvalue weighted by Gasteiger charge is -2.30. The van der Waals surface area contributed by atoms with Crippen molar-refractivity contribution in [1.82, 2.24) is 0 Å². The standard InChI is InChI=1S/C16H16FNO3/c1-20-10-3-5-15-11(7-10)13(18)8-16(21-15)9-2-4-14(19)12(17)6-9/h2-7,13,16,19H,8,18H2,1H3. The molecule has 21 heavy (non-hydrogen) atoms. The van der Waals surface area contributed by atoms with Crippen LogP contribution >= 0.6 is 0 Å². The summed E-state index contributed by atoms with van der Waals surface area (Å²) in [5.74, 6) is 0.365. The van der Waals surface area contributed by atoms with Gasteiger partial charge < -0.3 is 20.3 Å². The molecule has 1 heterocycles. The van der Waals surface area contributed by atoms with Crippen molar-refractivity contribution < 1.29 is 19.0 Å². The van der Waals surface area contributed by atoms with Crippen molar-refractivity contribution in [2.45, 2.75) is 18.6 Å². The number of benzene rings is 2. The molecule has 2 aromatic carbocycles. The molecule has 5 heteroatoms. The first-order valence-corrected chi connectivity index (χ1v) is 6.67. The summed E-state index contributed by atoms with van der Waals surface area (Å²) in [6.07, 6.45) is 0.195. The van der Waals surface area contributed by atoms with Crippen LogP contribution in [0.1, 0.15) is 29.7 Å². The number of phenols is 1. The number of rotatable bonds is 2. The van der Waals surface area contributed by atoms with Gasteiger partial charge in [0.1, 0.15) is 17.6 Å². The molecular weight excluding hydrogens is 273 g/mol. The lowest BCUT2D eigenvalue weighted by atomic mass is 9.93. The van der Waals surface area contributed by atoms with Crippen molar-refractivity contribution in [3.05, 3.63) is 53.3 Å². The molecule has 0 saturated carbocycles. The van der Waals surface area contributed by atoms with Crippen LogP contribution in [0.3, 0.4) is 0 Å². The molecule has 3 N–H and O–H groups in total. The lowest BCUT2D eigenvalue weighted by molar-refractivity contribution is 0.160. The van der Waals surface area contributed by atoms with Crippen molar-refractivity contribution >= 4 is 0 Å². The minimum absolute atomic E-state index is 0.217. The Bertz CT molecular complexity index is 675. The predicted molar refractivity (Wildman–Crippen MR) is 76.0 cm³/mol. The fraction of sp³-hybridized carbons (Fsp3) is 0.250. The number of nitrogens with two attached hydrogens (primary N) is 1. The minimum Gasteiger partial charge on any atom is -0.505 e. The molecule has 0 spiro atoms. The summed E-state index contributed by atoms with van der Waals surface area (Å²) in [5, 5.41) is 9.26. The molecule has 2 unspecified atom stereocenters. The van der Waals surface area contributed by atoms with Crippen molar-refractivity contribution in [2.24, 2.45) is 5.73 Å². The molecule has 4 nitrogen and oxygen atoms in total. The van der Waals surface area contributed by atoms with Gasteiger partial charge >= 0.3 is 0 Å².